The molecular weight excluding hydrogens is 398 g/mol. The van der Waals surface area contributed by atoms with Crippen LogP contribution in [-0.4, -0.2) is 48.2 Å². The Balaban J connectivity index is 1.66. The van der Waals surface area contributed by atoms with Crippen LogP contribution in [0.2, 0.25) is 0 Å². The smallest absolute Gasteiger partial charge is 0.253 e. The zero-order valence-electron chi connectivity index (χ0n) is 18.0. The van der Waals surface area contributed by atoms with Gasteiger partial charge in [0.2, 0.25) is 11.8 Å². The van der Waals surface area contributed by atoms with Gasteiger partial charge in [0, 0.05) is 37.5 Å². The van der Waals surface area contributed by atoms with Gasteiger partial charge in [0.05, 0.1) is 5.75 Å². The number of carbonyl (C=O) groups excluding carboxylic acids is 3. The second-order valence-corrected chi connectivity index (χ2v) is 8.40. The van der Waals surface area contributed by atoms with Crippen LogP contribution in [-0.2, 0) is 9.59 Å². The van der Waals surface area contributed by atoms with Crippen molar-refractivity contribution < 1.29 is 14.4 Å². The number of thioether (sulfide) groups is 1. The summed E-state index contributed by atoms with van der Waals surface area (Å²) in [5, 5.41) is 5.79. The standard InChI is InChI=1S/C23H29N3O3S/c1-16-7-5-8-17(2)22(16)25-20(27)9-6-14-30-15-21(28)24-19-12-10-18(11-13-19)23(29)26(3)4/h5,7-8,10-13H,6,9,14-15H2,1-4H3,(H,24,28)(H,25,27). The Morgan fingerprint density at radius 3 is 2.13 bits per heavy atom. The summed E-state index contributed by atoms with van der Waals surface area (Å²) in [7, 11) is 3.39. The van der Waals surface area contributed by atoms with Crippen LogP contribution in [0.5, 0.6) is 0 Å². The summed E-state index contributed by atoms with van der Waals surface area (Å²) < 4.78 is 0. The van der Waals surface area contributed by atoms with Crippen molar-refractivity contribution in [2.75, 3.05) is 36.2 Å². The van der Waals surface area contributed by atoms with Crippen molar-refractivity contribution >= 4 is 40.9 Å². The van der Waals surface area contributed by atoms with Crippen molar-refractivity contribution in [2.45, 2.75) is 26.7 Å². The Hall–Kier alpha value is -2.80. The highest BCUT2D eigenvalue weighted by atomic mass is 32.2. The lowest BCUT2D eigenvalue weighted by atomic mass is 10.1. The molecular formula is C23H29N3O3S. The number of anilines is 2. The lowest BCUT2D eigenvalue weighted by Crippen LogP contribution is -2.21. The first-order valence-corrected chi connectivity index (χ1v) is 11.0. The van der Waals surface area contributed by atoms with Crippen LogP contribution in [0.25, 0.3) is 0 Å². The van der Waals surface area contributed by atoms with Gasteiger partial charge in [-0.15, -0.1) is 0 Å². The maximum absolute atomic E-state index is 12.1. The Morgan fingerprint density at radius 2 is 1.53 bits per heavy atom. The average molecular weight is 428 g/mol. The number of nitrogens with one attached hydrogen (secondary N) is 2. The number of amides is 3. The molecule has 0 atom stereocenters. The summed E-state index contributed by atoms with van der Waals surface area (Å²) in [5.74, 6) is 0.849. The first-order chi connectivity index (χ1) is 14.3. The fourth-order valence-electron chi connectivity index (χ4n) is 2.86. The van der Waals surface area contributed by atoms with Gasteiger partial charge in [-0.2, -0.15) is 11.8 Å². The monoisotopic (exact) mass is 427 g/mol. The van der Waals surface area contributed by atoms with Crippen LogP contribution in [0.3, 0.4) is 0 Å². The topological polar surface area (TPSA) is 78.5 Å². The van der Waals surface area contributed by atoms with Gasteiger partial charge in [-0.25, -0.2) is 0 Å². The minimum atomic E-state index is -0.105. The quantitative estimate of drug-likeness (QED) is 0.591. The third-order valence-corrected chi connectivity index (χ3v) is 5.54. The van der Waals surface area contributed by atoms with Crippen molar-refractivity contribution in [3.8, 4) is 0 Å². The molecule has 2 aromatic carbocycles. The van der Waals surface area contributed by atoms with Gasteiger partial charge in [0.15, 0.2) is 0 Å². The van der Waals surface area contributed by atoms with Crippen molar-refractivity contribution in [1.82, 2.24) is 4.90 Å². The lowest BCUT2D eigenvalue weighted by Gasteiger charge is -2.11. The van der Waals surface area contributed by atoms with Gasteiger partial charge >= 0.3 is 0 Å². The van der Waals surface area contributed by atoms with Crippen LogP contribution in [0.15, 0.2) is 42.5 Å². The van der Waals surface area contributed by atoms with Gasteiger partial charge in [-0.3, -0.25) is 14.4 Å². The van der Waals surface area contributed by atoms with Crippen molar-refractivity contribution in [3.05, 3.63) is 59.2 Å². The molecule has 2 rings (SSSR count). The van der Waals surface area contributed by atoms with E-state index in [1.807, 2.05) is 32.0 Å². The zero-order valence-corrected chi connectivity index (χ0v) is 18.8. The highest BCUT2D eigenvalue weighted by molar-refractivity contribution is 7.99. The van der Waals surface area contributed by atoms with E-state index in [9.17, 15) is 14.4 Å². The number of hydrogen-bond donors (Lipinski definition) is 2. The molecule has 7 heteroatoms. The Kier molecular flexibility index (Phi) is 8.92. The molecule has 0 unspecified atom stereocenters. The predicted octanol–water partition coefficient (Wildman–Crippen LogP) is 4.10. The molecule has 2 N–H and O–H groups in total. The van der Waals surface area contributed by atoms with E-state index in [0.717, 1.165) is 22.6 Å². The van der Waals surface area contributed by atoms with Crippen molar-refractivity contribution in [2.24, 2.45) is 0 Å². The molecule has 30 heavy (non-hydrogen) atoms. The average Bonchev–Trinajstić information content (AvgIpc) is 2.70. The maximum atomic E-state index is 12.1. The first-order valence-electron chi connectivity index (χ1n) is 9.83. The molecule has 0 radical (unpaired) electrons. The zero-order chi connectivity index (χ0) is 22.1. The highest BCUT2D eigenvalue weighted by Gasteiger charge is 2.09. The number of hydrogen-bond acceptors (Lipinski definition) is 4. The summed E-state index contributed by atoms with van der Waals surface area (Å²) >= 11 is 1.49. The third kappa shape index (κ3) is 7.22. The summed E-state index contributed by atoms with van der Waals surface area (Å²) in [4.78, 5) is 37.6. The molecule has 0 bridgehead atoms. The SMILES string of the molecule is Cc1cccc(C)c1NC(=O)CCCSCC(=O)Nc1ccc(C(=O)N(C)C)cc1. The number of nitrogens with zero attached hydrogens (tertiary/aromatic N) is 1. The Labute approximate surface area is 182 Å². The van der Waals surface area contributed by atoms with Gasteiger partial charge in [-0.1, -0.05) is 18.2 Å². The fraction of sp³-hybridized carbons (Fsp3) is 0.348. The maximum Gasteiger partial charge on any atom is 0.253 e. The number of carbonyl (C=O) groups is 3. The molecule has 0 saturated heterocycles. The Bertz CT molecular complexity index is 875. The van der Waals surface area contributed by atoms with Crippen LogP contribution in [0.4, 0.5) is 11.4 Å². The van der Waals surface area contributed by atoms with Gasteiger partial charge in [0.25, 0.3) is 5.91 Å². The summed E-state index contributed by atoms with van der Waals surface area (Å²) in [6.07, 6.45) is 1.12. The molecule has 0 aliphatic carbocycles. The molecule has 0 aliphatic rings. The number of benzene rings is 2. The lowest BCUT2D eigenvalue weighted by molar-refractivity contribution is -0.116. The largest absolute Gasteiger partial charge is 0.345 e. The van der Waals surface area contributed by atoms with E-state index < -0.39 is 0 Å². The van der Waals surface area contributed by atoms with Crippen LogP contribution < -0.4 is 10.6 Å². The van der Waals surface area contributed by atoms with Gasteiger partial charge in [-0.05, 0) is 61.4 Å². The second kappa shape index (κ2) is 11.4. The summed E-state index contributed by atoms with van der Waals surface area (Å²) in [5.41, 5.74) is 4.21. The molecule has 6 nitrogen and oxygen atoms in total. The van der Waals surface area contributed by atoms with E-state index in [4.69, 9.17) is 0 Å². The first kappa shape index (κ1) is 23.5. The van der Waals surface area contributed by atoms with Crippen LogP contribution in [0.1, 0.15) is 34.3 Å². The third-order valence-electron chi connectivity index (χ3n) is 4.49. The highest BCUT2D eigenvalue weighted by Crippen LogP contribution is 2.20. The number of aryl methyl sites for hydroxylation is 2. The summed E-state index contributed by atoms with van der Waals surface area (Å²) in [6.45, 7) is 3.95. The minimum absolute atomic E-state index is 0.00943. The molecule has 3 amide bonds. The molecule has 2 aromatic rings. The molecule has 0 spiro atoms. The summed E-state index contributed by atoms with van der Waals surface area (Å²) in [6, 6.07) is 12.8. The van der Waals surface area contributed by atoms with Gasteiger partial charge < -0.3 is 15.5 Å². The van der Waals surface area contributed by atoms with E-state index >= 15 is 0 Å². The van der Waals surface area contributed by atoms with Crippen LogP contribution >= 0.6 is 11.8 Å². The molecule has 0 aliphatic heterocycles. The van der Waals surface area contributed by atoms with E-state index in [-0.39, 0.29) is 17.7 Å². The van der Waals surface area contributed by atoms with Crippen molar-refractivity contribution in [1.29, 1.82) is 0 Å². The second-order valence-electron chi connectivity index (χ2n) is 7.30. The number of rotatable bonds is 9. The number of para-hydroxylation sites is 1. The molecule has 0 fully saturated rings. The van der Waals surface area contributed by atoms with E-state index in [1.54, 1.807) is 38.4 Å². The normalized spacial score (nSPS) is 10.4. The minimum Gasteiger partial charge on any atom is -0.345 e. The predicted molar refractivity (Wildman–Crippen MR) is 124 cm³/mol. The molecule has 0 heterocycles. The van der Waals surface area contributed by atoms with E-state index in [2.05, 4.69) is 10.6 Å². The van der Waals surface area contributed by atoms with Crippen molar-refractivity contribution in [3.63, 3.8) is 0 Å². The molecule has 0 saturated carbocycles. The molecule has 160 valence electrons. The molecule has 0 aromatic heterocycles. The fourth-order valence-corrected chi connectivity index (χ4v) is 3.61. The van der Waals surface area contributed by atoms with E-state index in [0.29, 0.717) is 29.8 Å². The van der Waals surface area contributed by atoms with Crippen LogP contribution in [0, 0.1) is 13.8 Å². The van der Waals surface area contributed by atoms with Gasteiger partial charge in [0.1, 0.15) is 0 Å². The van der Waals surface area contributed by atoms with E-state index in [1.165, 1.54) is 16.7 Å². The Morgan fingerprint density at radius 1 is 0.900 bits per heavy atom.